The van der Waals surface area contributed by atoms with Gasteiger partial charge in [-0.2, -0.15) is 0 Å². The smallest absolute Gasteiger partial charge is 0.338 e. The van der Waals surface area contributed by atoms with Gasteiger partial charge in [-0.1, -0.05) is 12.1 Å². The molecule has 0 aliphatic heterocycles. The lowest BCUT2D eigenvalue weighted by Crippen LogP contribution is -2.30. The highest BCUT2D eigenvalue weighted by molar-refractivity contribution is 7.89. The van der Waals surface area contributed by atoms with Crippen LogP contribution in [0, 0.1) is 13.8 Å². The molecule has 0 aliphatic carbocycles. The predicted molar refractivity (Wildman–Crippen MR) is 107 cm³/mol. The van der Waals surface area contributed by atoms with Crippen molar-refractivity contribution in [3.63, 3.8) is 0 Å². The van der Waals surface area contributed by atoms with Gasteiger partial charge in [0.05, 0.1) is 10.5 Å². The van der Waals surface area contributed by atoms with Gasteiger partial charge in [-0.15, -0.1) is 0 Å². The third-order valence-corrected chi connectivity index (χ3v) is 5.55. The number of anilines is 1. The summed E-state index contributed by atoms with van der Waals surface area (Å²) in [6.07, 6.45) is 0. The van der Waals surface area contributed by atoms with E-state index in [-0.39, 0.29) is 16.5 Å². The van der Waals surface area contributed by atoms with Crippen LogP contribution in [0.1, 0.15) is 35.3 Å². The number of esters is 1. The van der Waals surface area contributed by atoms with Crippen LogP contribution in [0.3, 0.4) is 0 Å². The third-order valence-electron chi connectivity index (χ3n) is 3.90. The number of aryl methyl sites for hydroxylation is 2. The summed E-state index contributed by atoms with van der Waals surface area (Å²) < 4.78 is 31.9. The molecule has 0 radical (unpaired) electrons. The lowest BCUT2D eigenvalue weighted by molar-refractivity contribution is -0.119. The Hall–Kier alpha value is -2.71. The molecule has 2 rings (SSSR count). The Labute approximate surface area is 165 Å². The summed E-state index contributed by atoms with van der Waals surface area (Å²) in [6.45, 7) is 6.81. The van der Waals surface area contributed by atoms with Crippen molar-refractivity contribution in [1.29, 1.82) is 0 Å². The van der Waals surface area contributed by atoms with Crippen LogP contribution in [0.5, 0.6) is 0 Å². The molecule has 7 nitrogen and oxygen atoms in total. The fourth-order valence-electron chi connectivity index (χ4n) is 2.40. The first-order chi connectivity index (χ1) is 13.1. The van der Waals surface area contributed by atoms with Gasteiger partial charge in [-0.05, 0) is 69.2 Å². The Balaban J connectivity index is 2.00. The summed E-state index contributed by atoms with van der Waals surface area (Å²) in [5, 5.41) is 2.65. The first kappa shape index (κ1) is 21.6. The minimum Gasteiger partial charge on any atom is -0.452 e. The van der Waals surface area contributed by atoms with Gasteiger partial charge >= 0.3 is 5.97 Å². The van der Waals surface area contributed by atoms with E-state index in [9.17, 15) is 18.0 Å². The lowest BCUT2D eigenvalue weighted by Gasteiger charge is -2.11. The maximum absolute atomic E-state index is 12.2. The van der Waals surface area contributed by atoms with Gasteiger partial charge in [0.1, 0.15) is 0 Å². The first-order valence-electron chi connectivity index (χ1n) is 8.75. The molecule has 0 fully saturated rings. The second-order valence-electron chi connectivity index (χ2n) is 6.73. The number of carbonyl (C=O) groups excluding carboxylic acids is 2. The zero-order chi connectivity index (χ0) is 20.9. The van der Waals surface area contributed by atoms with Gasteiger partial charge < -0.3 is 10.1 Å². The molecule has 2 aromatic carbocycles. The summed E-state index contributed by atoms with van der Waals surface area (Å²) in [5.74, 6) is -1.27. The van der Waals surface area contributed by atoms with E-state index in [1.54, 1.807) is 19.9 Å². The second-order valence-corrected chi connectivity index (χ2v) is 8.44. The maximum atomic E-state index is 12.2. The molecule has 0 saturated heterocycles. The molecule has 0 aliphatic rings. The normalized spacial score (nSPS) is 11.3. The highest BCUT2D eigenvalue weighted by Gasteiger charge is 2.18. The topological polar surface area (TPSA) is 102 Å². The van der Waals surface area contributed by atoms with Gasteiger partial charge in [-0.3, -0.25) is 4.79 Å². The number of rotatable bonds is 7. The maximum Gasteiger partial charge on any atom is 0.338 e. The quantitative estimate of drug-likeness (QED) is 0.691. The fourth-order valence-corrected chi connectivity index (χ4v) is 3.70. The fraction of sp³-hybridized carbons (Fsp3) is 0.300. The Bertz CT molecular complexity index is 984. The van der Waals surface area contributed by atoms with Crippen molar-refractivity contribution in [2.45, 2.75) is 38.6 Å². The molecule has 1 amide bonds. The van der Waals surface area contributed by atoms with Crippen LogP contribution in [0.2, 0.25) is 0 Å². The van der Waals surface area contributed by atoms with E-state index in [2.05, 4.69) is 10.0 Å². The number of hydrogen-bond donors (Lipinski definition) is 2. The monoisotopic (exact) mass is 404 g/mol. The van der Waals surface area contributed by atoms with Crippen LogP contribution in [0.15, 0.2) is 47.4 Å². The van der Waals surface area contributed by atoms with Crippen LogP contribution in [0.25, 0.3) is 0 Å². The number of carbonyl (C=O) groups is 2. The summed E-state index contributed by atoms with van der Waals surface area (Å²) in [7, 11) is -3.73. The van der Waals surface area contributed by atoms with Crippen molar-refractivity contribution in [3.8, 4) is 0 Å². The molecule has 0 spiro atoms. The van der Waals surface area contributed by atoms with Crippen LogP contribution >= 0.6 is 0 Å². The van der Waals surface area contributed by atoms with E-state index in [1.165, 1.54) is 24.3 Å². The number of nitrogens with one attached hydrogen (secondary N) is 2. The van der Waals surface area contributed by atoms with Gasteiger partial charge in [0.25, 0.3) is 5.91 Å². The van der Waals surface area contributed by atoms with Gasteiger partial charge in [0, 0.05) is 11.7 Å². The number of ether oxygens (including phenoxy) is 1. The lowest BCUT2D eigenvalue weighted by atomic mass is 10.1. The van der Waals surface area contributed by atoms with Crippen molar-refractivity contribution in [3.05, 3.63) is 59.2 Å². The first-order valence-corrected chi connectivity index (χ1v) is 10.2. The van der Waals surface area contributed by atoms with Crippen molar-refractivity contribution >= 4 is 27.6 Å². The Morgan fingerprint density at radius 2 is 1.75 bits per heavy atom. The highest BCUT2D eigenvalue weighted by atomic mass is 32.2. The largest absolute Gasteiger partial charge is 0.452 e. The molecule has 0 aromatic heterocycles. The molecule has 0 atom stereocenters. The molecule has 0 unspecified atom stereocenters. The number of sulfonamides is 1. The van der Waals surface area contributed by atoms with Crippen molar-refractivity contribution in [1.82, 2.24) is 4.72 Å². The number of amides is 1. The molecular formula is C20H24N2O5S. The molecule has 0 bridgehead atoms. The molecule has 2 N–H and O–H groups in total. The number of benzene rings is 2. The van der Waals surface area contributed by atoms with Crippen molar-refractivity contribution < 1.29 is 22.7 Å². The SMILES string of the molecule is Cc1ccc(NC(=O)COC(=O)c2cccc(S(=O)(=O)NC(C)C)c2)cc1C. The summed E-state index contributed by atoms with van der Waals surface area (Å²) in [5.41, 5.74) is 2.79. The molecule has 2 aromatic rings. The predicted octanol–water partition coefficient (Wildman–Crippen LogP) is 2.79. The molecule has 0 heterocycles. The third kappa shape index (κ3) is 5.90. The van der Waals surface area contributed by atoms with E-state index in [0.717, 1.165) is 11.1 Å². The molecule has 8 heteroatoms. The van der Waals surface area contributed by atoms with Crippen LogP contribution in [-0.4, -0.2) is 32.9 Å². The standard InChI is InChI=1S/C20H24N2O5S/c1-13(2)22-28(25,26)18-7-5-6-16(11-18)20(24)27-12-19(23)21-17-9-8-14(3)15(4)10-17/h5-11,13,22H,12H2,1-4H3,(H,21,23). The Morgan fingerprint density at radius 3 is 2.39 bits per heavy atom. The van der Waals surface area contributed by atoms with Gasteiger partial charge in [0.15, 0.2) is 6.61 Å². The average molecular weight is 404 g/mol. The second kappa shape index (κ2) is 8.99. The minimum atomic E-state index is -3.73. The molecule has 28 heavy (non-hydrogen) atoms. The van der Waals surface area contributed by atoms with Crippen LogP contribution < -0.4 is 10.0 Å². The van der Waals surface area contributed by atoms with E-state index in [0.29, 0.717) is 5.69 Å². The van der Waals surface area contributed by atoms with E-state index >= 15 is 0 Å². The number of hydrogen-bond acceptors (Lipinski definition) is 5. The molecular weight excluding hydrogens is 380 g/mol. The van der Waals surface area contributed by atoms with Crippen molar-refractivity contribution in [2.24, 2.45) is 0 Å². The zero-order valence-corrected chi connectivity index (χ0v) is 17.1. The molecule has 150 valence electrons. The van der Waals surface area contributed by atoms with Crippen LogP contribution in [-0.2, 0) is 19.6 Å². The highest BCUT2D eigenvalue weighted by Crippen LogP contribution is 2.15. The Morgan fingerprint density at radius 1 is 1.04 bits per heavy atom. The summed E-state index contributed by atoms with van der Waals surface area (Å²) in [4.78, 5) is 24.1. The zero-order valence-electron chi connectivity index (χ0n) is 16.3. The van der Waals surface area contributed by atoms with Crippen LogP contribution in [0.4, 0.5) is 5.69 Å². The minimum absolute atomic E-state index is 0.0461. The summed E-state index contributed by atoms with van der Waals surface area (Å²) in [6, 6.07) is 10.7. The van der Waals surface area contributed by atoms with E-state index < -0.39 is 28.5 Å². The average Bonchev–Trinajstić information content (AvgIpc) is 2.62. The van der Waals surface area contributed by atoms with E-state index in [4.69, 9.17) is 4.74 Å². The molecule has 0 saturated carbocycles. The Kier molecular flexibility index (Phi) is 6.93. The van der Waals surface area contributed by atoms with Crippen molar-refractivity contribution in [2.75, 3.05) is 11.9 Å². The summed E-state index contributed by atoms with van der Waals surface area (Å²) >= 11 is 0. The van der Waals surface area contributed by atoms with E-state index in [1.807, 2.05) is 26.0 Å². The van der Waals surface area contributed by atoms with Gasteiger partial charge in [0.2, 0.25) is 10.0 Å². The van der Waals surface area contributed by atoms with Gasteiger partial charge in [-0.25, -0.2) is 17.9 Å².